The van der Waals surface area contributed by atoms with Crippen molar-refractivity contribution in [1.29, 1.82) is 0 Å². The van der Waals surface area contributed by atoms with Gasteiger partial charge in [0.15, 0.2) is 17.5 Å². The molecule has 0 atom stereocenters. The highest BCUT2D eigenvalue weighted by Crippen LogP contribution is 2.28. The van der Waals surface area contributed by atoms with Crippen LogP contribution < -0.4 is 4.74 Å². The summed E-state index contributed by atoms with van der Waals surface area (Å²) in [6.07, 6.45) is 0. The third kappa shape index (κ3) is 4.96. The third-order valence-electron chi connectivity index (χ3n) is 2.77. The summed E-state index contributed by atoms with van der Waals surface area (Å²) < 4.78 is 51.3. The zero-order valence-corrected chi connectivity index (χ0v) is 13.2. The summed E-state index contributed by atoms with van der Waals surface area (Å²) in [7, 11) is 0. The Morgan fingerprint density at radius 2 is 1.61 bits per heavy atom. The van der Waals surface area contributed by atoms with Gasteiger partial charge in [-0.25, -0.2) is 18.2 Å². The third-order valence-corrected chi connectivity index (χ3v) is 2.77. The van der Waals surface area contributed by atoms with E-state index in [0.29, 0.717) is 12.3 Å². The van der Waals surface area contributed by atoms with E-state index in [0.717, 1.165) is 18.2 Å². The average molecular weight is 325 g/mol. The molecule has 0 saturated heterocycles. The maximum atomic E-state index is 13.8. The minimum absolute atomic E-state index is 0.0182. The van der Waals surface area contributed by atoms with Gasteiger partial charge in [-0.2, -0.15) is 0 Å². The maximum absolute atomic E-state index is 13.8. The van der Waals surface area contributed by atoms with E-state index in [1.54, 1.807) is 0 Å². The lowest BCUT2D eigenvalue weighted by molar-refractivity contribution is 0.0578. The molecular formula is C17H18F3NO2. The molecular weight excluding hydrogens is 307 g/mol. The summed E-state index contributed by atoms with van der Waals surface area (Å²) in [6, 6.07) is 5.79. The lowest BCUT2D eigenvalue weighted by Gasteiger charge is -2.17. The van der Waals surface area contributed by atoms with Crippen LogP contribution in [0.3, 0.4) is 0 Å². The predicted molar refractivity (Wildman–Crippen MR) is 79.7 cm³/mol. The smallest absolute Gasteiger partial charge is 0.256 e. The number of ether oxygens (including phenoxy) is 2. The number of nitrogens with zero attached hydrogens (tertiary/aromatic N) is 1. The second-order valence-electron chi connectivity index (χ2n) is 6.30. The van der Waals surface area contributed by atoms with Gasteiger partial charge in [0.05, 0.1) is 18.9 Å². The number of hydrogen-bond donors (Lipinski definition) is 0. The molecule has 0 radical (unpaired) electrons. The maximum Gasteiger partial charge on any atom is 0.256 e. The van der Waals surface area contributed by atoms with Gasteiger partial charge in [-0.05, 0) is 29.7 Å². The molecule has 1 aromatic heterocycles. The Morgan fingerprint density at radius 1 is 0.957 bits per heavy atom. The molecule has 0 unspecified atom stereocenters. The van der Waals surface area contributed by atoms with E-state index < -0.39 is 29.1 Å². The van der Waals surface area contributed by atoms with Gasteiger partial charge in [0, 0.05) is 0 Å². The molecule has 0 saturated carbocycles. The highest BCUT2D eigenvalue weighted by Gasteiger charge is 2.16. The summed E-state index contributed by atoms with van der Waals surface area (Å²) >= 11 is 0. The van der Waals surface area contributed by atoms with Gasteiger partial charge in [-0.15, -0.1) is 0 Å². The van der Waals surface area contributed by atoms with Gasteiger partial charge in [-0.3, -0.25) is 0 Å². The molecule has 1 heterocycles. The minimum atomic E-state index is -0.930. The van der Waals surface area contributed by atoms with Crippen LogP contribution in [0.15, 0.2) is 30.3 Å². The van der Waals surface area contributed by atoms with E-state index in [1.165, 1.54) is 12.1 Å². The molecule has 0 spiro atoms. The largest absolute Gasteiger partial charge is 0.430 e. The van der Waals surface area contributed by atoms with Gasteiger partial charge in [0.1, 0.15) is 0 Å². The highest BCUT2D eigenvalue weighted by molar-refractivity contribution is 5.31. The van der Waals surface area contributed by atoms with Crippen molar-refractivity contribution in [3.8, 4) is 11.6 Å². The van der Waals surface area contributed by atoms with Gasteiger partial charge in [0.2, 0.25) is 5.75 Å². The fourth-order valence-corrected chi connectivity index (χ4v) is 1.75. The molecule has 0 amide bonds. The lowest BCUT2D eigenvalue weighted by atomic mass is 9.99. The van der Waals surface area contributed by atoms with E-state index in [9.17, 15) is 13.2 Å². The Labute approximate surface area is 133 Å². The summed E-state index contributed by atoms with van der Waals surface area (Å²) in [5, 5.41) is 0. The van der Waals surface area contributed by atoms with Crippen LogP contribution in [0.25, 0.3) is 0 Å². The standard InChI is InChI=1S/C17H18F3NO2/c1-17(2,3)10-22-9-11-7-8-14(20)16(21-11)23-15-12(18)5-4-6-13(15)19/h4-8H,9-10H2,1-3H3. The van der Waals surface area contributed by atoms with Crippen LogP contribution >= 0.6 is 0 Å². The molecule has 0 fully saturated rings. The van der Waals surface area contributed by atoms with Crippen molar-refractivity contribution in [2.45, 2.75) is 27.4 Å². The second-order valence-corrected chi connectivity index (χ2v) is 6.30. The summed E-state index contributed by atoms with van der Waals surface area (Å²) in [5.74, 6) is -3.86. The van der Waals surface area contributed by atoms with Crippen LogP contribution in [-0.4, -0.2) is 11.6 Å². The Bertz CT molecular complexity index is 664. The van der Waals surface area contributed by atoms with E-state index in [-0.39, 0.29) is 12.0 Å². The van der Waals surface area contributed by atoms with Crippen molar-refractivity contribution < 1.29 is 22.6 Å². The first-order chi connectivity index (χ1) is 10.8. The normalized spacial score (nSPS) is 11.6. The van der Waals surface area contributed by atoms with Crippen LogP contribution in [-0.2, 0) is 11.3 Å². The summed E-state index contributed by atoms with van der Waals surface area (Å²) in [6.45, 7) is 6.68. The van der Waals surface area contributed by atoms with E-state index >= 15 is 0 Å². The molecule has 124 valence electrons. The van der Waals surface area contributed by atoms with Crippen molar-refractivity contribution in [3.63, 3.8) is 0 Å². The first-order valence-electron chi connectivity index (χ1n) is 7.11. The van der Waals surface area contributed by atoms with Gasteiger partial charge < -0.3 is 9.47 Å². The number of pyridine rings is 1. The van der Waals surface area contributed by atoms with Crippen LogP contribution in [0.4, 0.5) is 13.2 Å². The number of rotatable bonds is 5. The van der Waals surface area contributed by atoms with Crippen LogP contribution in [0.1, 0.15) is 26.5 Å². The SMILES string of the molecule is CC(C)(C)COCc1ccc(F)c(Oc2c(F)cccc2F)n1. The van der Waals surface area contributed by atoms with Crippen molar-refractivity contribution in [2.24, 2.45) is 5.41 Å². The first kappa shape index (κ1) is 17.3. The molecule has 0 bridgehead atoms. The fourth-order valence-electron chi connectivity index (χ4n) is 1.75. The molecule has 2 rings (SSSR count). The number of hydrogen-bond acceptors (Lipinski definition) is 3. The van der Waals surface area contributed by atoms with E-state index in [4.69, 9.17) is 9.47 Å². The van der Waals surface area contributed by atoms with Crippen molar-refractivity contribution in [3.05, 3.63) is 53.5 Å². The Morgan fingerprint density at radius 3 is 2.22 bits per heavy atom. The molecule has 0 aliphatic carbocycles. The Hall–Kier alpha value is -2.08. The molecule has 2 aromatic rings. The quantitative estimate of drug-likeness (QED) is 0.787. The minimum Gasteiger partial charge on any atom is -0.430 e. The predicted octanol–water partition coefficient (Wildman–Crippen LogP) is 4.85. The highest BCUT2D eigenvalue weighted by atomic mass is 19.1. The second kappa shape index (κ2) is 7.00. The number of para-hydroxylation sites is 1. The van der Waals surface area contributed by atoms with Crippen LogP contribution in [0.5, 0.6) is 11.6 Å². The molecule has 6 heteroatoms. The average Bonchev–Trinajstić information content (AvgIpc) is 2.44. The molecule has 3 nitrogen and oxygen atoms in total. The number of halogens is 3. The van der Waals surface area contributed by atoms with Crippen LogP contribution in [0.2, 0.25) is 0 Å². The van der Waals surface area contributed by atoms with Crippen molar-refractivity contribution in [2.75, 3.05) is 6.61 Å². The number of benzene rings is 1. The Kier molecular flexibility index (Phi) is 5.26. The zero-order chi connectivity index (χ0) is 17.0. The van der Waals surface area contributed by atoms with Gasteiger partial charge in [0.25, 0.3) is 5.88 Å². The van der Waals surface area contributed by atoms with E-state index in [1.807, 2.05) is 20.8 Å². The molecule has 0 aliphatic heterocycles. The van der Waals surface area contributed by atoms with Crippen molar-refractivity contribution >= 4 is 0 Å². The monoisotopic (exact) mass is 325 g/mol. The van der Waals surface area contributed by atoms with Crippen LogP contribution in [0, 0.1) is 22.9 Å². The number of aromatic nitrogens is 1. The lowest BCUT2D eigenvalue weighted by Crippen LogP contribution is -2.14. The summed E-state index contributed by atoms with van der Waals surface area (Å²) in [4.78, 5) is 3.91. The topological polar surface area (TPSA) is 31.4 Å². The molecule has 1 aromatic carbocycles. The molecule has 0 aliphatic rings. The fraction of sp³-hybridized carbons (Fsp3) is 0.353. The zero-order valence-electron chi connectivity index (χ0n) is 13.2. The van der Waals surface area contributed by atoms with E-state index in [2.05, 4.69) is 4.98 Å². The van der Waals surface area contributed by atoms with Gasteiger partial charge in [-0.1, -0.05) is 26.8 Å². The first-order valence-corrected chi connectivity index (χ1v) is 7.11. The Balaban J connectivity index is 2.15. The molecule has 0 N–H and O–H groups in total. The summed E-state index contributed by atoms with van der Waals surface area (Å²) in [5.41, 5.74) is 0.387. The van der Waals surface area contributed by atoms with Crippen molar-refractivity contribution in [1.82, 2.24) is 4.98 Å². The molecule has 23 heavy (non-hydrogen) atoms. The van der Waals surface area contributed by atoms with Gasteiger partial charge >= 0.3 is 0 Å².